The Morgan fingerprint density at radius 2 is 2.29 bits per heavy atom. The Kier molecular flexibility index (Phi) is 2.53. The zero-order valence-electron chi connectivity index (χ0n) is 9.13. The maximum absolute atomic E-state index is 5.87. The molecule has 5 nitrogen and oxygen atoms in total. The predicted octanol–water partition coefficient (Wildman–Crippen LogP) is 1.19. The number of nitrogens with two attached hydrogens (primary N) is 2. The molecule has 1 aromatic heterocycles. The van der Waals surface area contributed by atoms with Gasteiger partial charge in [-0.1, -0.05) is 18.2 Å². The van der Waals surface area contributed by atoms with Gasteiger partial charge < -0.3 is 11.5 Å². The van der Waals surface area contributed by atoms with Crippen molar-refractivity contribution in [2.45, 2.75) is 17.8 Å². The molecule has 0 aromatic carbocycles. The van der Waals surface area contributed by atoms with Crippen molar-refractivity contribution in [3.8, 4) is 0 Å². The number of nitrogens with one attached hydrogen (secondary N) is 1. The van der Waals surface area contributed by atoms with Crippen molar-refractivity contribution in [1.82, 2.24) is 15.3 Å². The Labute approximate surface area is 103 Å². The molecule has 1 saturated heterocycles. The van der Waals surface area contributed by atoms with Gasteiger partial charge in [0, 0.05) is 22.7 Å². The molecular weight excluding hydrogens is 234 g/mol. The van der Waals surface area contributed by atoms with E-state index in [0.29, 0.717) is 11.9 Å². The highest BCUT2D eigenvalue weighted by Gasteiger charge is 2.31. The van der Waals surface area contributed by atoms with Crippen LogP contribution < -0.4 is 16.8 Å². The maximum atomic E-state index is 5.87. The third kappa shape index (κ3) is 1.89. The van der Waals surface area contributed by atoms with Crippen LogP contribution in [0.2, 0.25) is 0 Å². The second kappa shape index (κ2) is 4.05. The smallest absolute Gasteiger partial charge is 0.221 e. The van der Waals surface area contributed by atoms with Gasteiger partial charge in [0.25, 0.3) is 0 Å². The highest BCUT2D eigenvalue weighted by atomic mass is 32.2. The molecule has 0 amide bonds. The quantitative estimate of drug-likeness (QED) is 0.690. The van der Waals surface area contributed by atoms with E-state index in [1.807, 2.05) is 0 Å². The first-order chi connectivity index (χ1) is 8.24. The summed E-state index contributed by atoms with van der Waals surface area (Å²) in [5.74, 6) is 0.669. The molecule has 2 atom stereocenters. The van der Waals surface area contributed by atoms with E-state index in [0.717, 1.165) is 12.0 Å². The van der Waals surface area contributed by atoms with Crippen LogP contribution in [0.4, 0.5) is 11.8 Å². The van der Waals surface area contributed by atoms with Crippen molar-refractivity contribution in [3.05, 3.63) is 34.9 Å². The lowest BCUT2D eigenvalue weighted by Gasteiger charge is -2.13. The van der Waals surface area contributed by atoms with Crippen LogP contribution in [0.15, 0.2) is 29.3 Å². The SMILES string of the molecule is Nc1ncc(C2NC3CC=CC=C3S2)c(N)n1. The number of fused-ring (bicyclic) bond motifs is 1. The summed E-state index contributed by atoms with van der Waals surface area (Å²) in [6, 6.07) is 0.395. The number of hydrogen-bond acceptors (Lipinski definition) is 6. The summed E-state index contributed by atoms with van der Waals surface area (Å²) in [7, 11) is 0. The van der Waals surface area contributed by atoms with Gasteiger partial charge in [-0.05, 0) is 6.42 Å². The summed E-state index contributed by atoms with van der Waals surface area (Å²) in [5, 5.41) is 3.63. The number of aromatic nitrogens is 2. The first-order valence-corrected chi connectivity index (χ1v) is 6.29. The van der Waals surface area contributed by atoms with Crippen molar-refractivity contribution in [1.29, 1.82) is 0 Å². The summed E-state index contributed by atoms with van der Waals surface area (Å²) in [6.07, 6.45) is 9.11. The van der Waals surface area contributed by atoms with E-state index in [1.165, 1.54) is 4.91 Å². The minimum atomic E-state index is 0.117. The molecule has 0 bridgehead atoms. The number of rotatable bonds is 1. The van der Waals surface area contributed by atoms with Crippen LogP contribution in [-0.2, 0) is 0 Å². The van der Waals surface area contributed by atoms with E-state index in [1.54, 1.807) is 18.0 Å². The van der Waals surface area contributed by atoms with Crippen LogP contribution in [0.3, 0.4) is 0 Å². The lowest BCUT2D eigenvalue weighted by molar-refractivity contribution is 0.602. The average molecular weight is 247 g/mol. The van der Waals surface area contributed by atoms with Gasteiger partial charge in [-0.3, -0.25) is 5.32 Å². The summed E-state index contributed by atoms with van der Waals surface area (Å²) in [6.45, 7) is 0. The average Bonchev–Trinajstić information content (AvgIpc) is 2.72. The highest BCUT2D eigenvalue weighted by Crippen LogP contribution is 2.44. The van der Waals surface area contributed by atoms with Crippen LogP contribution in [0.25, 0.3) is 0 Å². The molecule has 1 aliphatic carbocycles. The first kappa shape index (κ1) is 10.6. The number of thioether (sulfide) groups is 1. The molecule has 88 valence electrons. The summed E-state index contributed by atoms with van der Waals surface area (Å²) < 4.78 is 0. The summed E-state index contributed by atoms with van der Waals surface area (Å²) >= 11 is 1.77. The normalized spacial score (nSPS) is 26.7. The highest BCUT2D eigenvalue weighted by molar-refractivity contribution is 8.03. The van der Waals surface area contributed by atoms with Crippen LogP contribution >= 0.6 is 11.8 Å². The molecule has 0 saturated carbocycles. The van der Waals surface area contributed by atoms with Crippen molar-refractivity contribution in [2.75, 3.05) is 11.5 Å². The number of allylic oxidation sites excluding steroid dienone is 2. The fourth-order valence-corrected chi connectivity index (χ4v) is 3.31. The predicted molar refractivity (Wildman–Crippen MR) is 70.0 cm³/mol. The molecule has 2 heterocycles. The van der Waals surface area contributed by atoms with E-state index in [-0.39, 0.29) is 11.3 Å². The van der Waals surface area contributed by atoms with Crippen molar-refractivity contribution < 1.29 is 0 Å². The zero-order chi connectivity index (χ0) is 11.8. The Bertz CT molecular complexity index is 511. The van der Waals surface area contributed by atoms with Crippen LogP contribution in [0.5, 0.6) is 0 Å². The summed E-state index contributed by atoms with van der Waals surface area (Å²) in [4.78, 5) is 9.33. The van der Waals surface area contributed by atoms with E-state index in [2.05, 4.69) is 33.5 Å². The number of nitrogen functional groups attached to an aromatic ring is 2. The van der Waals surface area contributed by atoms with Gasteiger partial charge in [-0.15, -0.1) is 11.8 Å². The molecule has 1 fully saturated rings. The molecule has 0 radical (unpaired) electrons. The maximum Gasteiger partial charge on any atom is 0.221 e. The molecule has 6 heteroatoms. The van der Waals surface area contributed by atoms with Crippen LogP contribution in [-0.4, -0.2) is 16.0 Å². The van der Waals surface area contributed by atoms with E-state index < -0.39 is 0 Å². The van der Waals surface area contributed by atoms with Gasteiger partial charge in [0.05, 0.1) is 5.37 Å². The van der Waals surface area contributed by atoms with Gasteiger partial charge in [0.2, 0.25) is 5.95 Å². The second-order valence-corrected chi connectivity index (χ2v) is 5.20. The molecule has 2 aliphatic rings. The van der Waals surface area contributed by atoms with E-state index >= 15 is 0 Å². The van der Waals surface area contributed by atoms with Crippen LogP contribution in [0.1, 0.15) is 17.4 Å². The van der Waals surface area contributed by atoms with Gasteiger partial charge in [0.1, 0.15) is 5.82 Å². The second-order valence-electron chi connectivity index (χ2n) is 4.02. The lowest BCUT2D eigenvalue weighted by atomic mass is 10.1. The number of nitrogens with zero attached hydrogens (tertiary/aromatic N) is 2. The molecule has 2 unspecified atom stereocenters. The van der Waals surface area contributed by atoms with E-state index in [9.17, 15) is 0 Å². The Morgan fingerprint density at radius 3 is 3.06 bits per heavy atom. The molecule has 1 aliphatic heterocycles. The van der Waals surface area contributed by atoms with Gasteiger partial charge in [-0.2, -0.15) is 4.98 Å². The topological polar surface area (TPSA) is 89.8 Å². The molecule has 5 N–H and O–H groups in total. The Hall–Kier alpha value is -1.53. The minimum absolute atomic E-state index is 0.117. The zero-order valence-corrected chi connectivity index (χ0v) is 9.95. The summed E-state index contributed by atoms with van der Waals surface area (Å²) in [5.41, 5.74) is 12.3. The van der Waals surface area contributed by atoms with Crippen molar-refractivity contribution >= 4 is 23.5 Å². The third-order valence-electron chi connectivity index (χ3n) is 2.87. The fraction of sp³-hybridized carbons (Fsp3) is 0.273. The van der Waals surface area contributed by atoms with Gasteiger partial charge in [0.15, 0.2) is 0 Å². The van der Waals surface area contributed by atoms with E-state index in [4.69, 9.17) is 11.5 Å². The first-order valence-electron chi connectivity index (χ1n) is 5.41. The van der Waals surface area contributed by atoms with Crippen LogP contribution in [0, 0.1) is 0 Å². The molecule has 17 heavy (non-hydrogen) atoms. The molecule has 3 rings (SSSR count). The largest absolute Gasteiger partial charge is 0.383 e. The standard InChI is InChI=1S/C11H13N5S/c12-9-6(5-14-11(13)16-9)10-15-7-3-1-2-4-8(7)17-10/h1-2,4-5,7,10,15H,3H2,(H4,12,13,14,16). The Balaban J connectivity index is 1.87. The van der Waals surface area contributed by atoms with Crippen molar-refractivity contribution in [2.24, 2.45) is 0 Å². The van der Waals surface area contributed by atoms with Gasteiger partial charge >= 0.3 is 0 Å². The van der Waals surface area contributed by atoms with Crippen molar-refractivity contribution in [3.63, 3.8) is 0 Å². The fourth-order valence-electron chi connectivity index (χ4n) is 2.01. The number of anilines is 2. The minimum Gasteiger partial charge on any atom is -0.383 e. The Morgan fingerprint density at radius 1 is 1.41 bits per heavy atom. The monoisotopic (exact) mass is 247 g/mol. The molecule has 1 aromatic rings. The molecular formula is C11H13N5S. The van der Waals surface area contributed by atoms with Gasteiger partial charge in [-0.25, -0.2) is 4.98 Å². The number of hydrogen-bond donors (Lipinski definition) is 3. The third-order valence-corrected chi connectivity index (χ3v) is 4.19. The lowest BCUT2D eigenvalue weighted by Crippen LogP contribution is -2.25. The molecule has 0 spiro atoms.